The minimum Gasteiger partial charge on any atom is -0.481 e. The van der Waals surface area contributed by atoms with E-state index in [-0.39, 0.29) is 11.5 Å². The molecule has 0 amide bonds. The Morgan fingerprint density at radius 1 is 1.17 bits per heavy atom. The van der Waals surface area contributed by atoms with E-state index in [0.29, 0.717) is 22.3 Å². The zero-order valence-electron chi connectivity index (χ0n) is 18.0. The fourth-order valence-electron chi connectivity index (χ4n) is 3.24. The van der Waals surface area contributed by atoms with Gasteiger partial charge in [0.2, 0.25) is 0 Å². The van der Waals surface area contributed by atoms with Gasteiger partial charge in [0.05, 0.1) is 11.5 Å². The van der Waals surface area contributed by atoms with Crippen molar-refractivity contribution in [3.8, 4) is 5.75 Å². The van der Waals surface area contributed by atoms with Crippen LogP contribution in [0.25, 0.3) is 11.0 Å². The van der Waals surface area contributed by atoms with Crippen molar-refractivity contribution in [2.75, 3.05) is 0 Å². The van der Waals surface area contributed by atoms with Crippen LogP contribution in [-0.4, -0.2) is 23.6 Å². The molecule has 160 valence electrons. The van der Waals surface area contributed by atoms with E-state index in [1.165, 1.54) is 6.07 Å². The molecule has 0 aliphatic carbocycles. The minimum absolute atomic E-state index is 0.288. The number of carbonyl (C=O) groups excluding carboxylic acids is 2. The molecular formula is C23H26O7. The van der Waals surface area contributed by atoms with E-state index in [0.717, 1.165) is 0 Å². The second-order valence-corrected chi connectivity index (χ2v) is 8.17. The van der Waals surface area contributed by atoms with Crippen LogP contribution in [0, 0.1) is 5.92 Å². The number of esters is 2. The van der Waals surface area contributed by atoms with E-state index < -0.39 is 35.4 Å². The van der Waals surface area contributed by atoms with Crippen molar-refractivity contribution in [3.05, 3.63) is 51.9 Å². The maximum absolute atomic E-state index is 12.5. The number of carbonyl (C=O) groups is 2. The Kier molecular flexibility index (Phi) is 5.74. The monoisotopic (exact) mass is 414 g/mol. The molecule has 1 aromatic carbocycles. The molecule has 0 spiro atoms. The molecule has 0 saturated heterocycles. The van der Waals surface area contributed by atoms with Gasteiger partial charge in [-0.25, -0.2) is 9.59 Å². The van der Waals surface area contributed by atoms with Crippen molar-refractivity contribution in [1.82, 2.24) is 0 Å². The predicted octanol–water partition coefficient (Wildman–Crippen LogP) is 4.08. The van der Waals surface area contributed by atoms with Crippen LogP contribution in [-0.2, 0) is 19.1 Å². The average Bonchev–Trinajstić information content (AvgIpc) is 3.06. The first-order chi connectivity index (χ1) is 14.0. The van der Waals surface area contributed by atoms with Gasteiger partial charge in [-0.2, -0.15) is 0 Å². The van der Waals surface area contributed by atoms with Gasteiger partial charge in [0.1, 0.15) is 16.9 Å². The van der Waals surface area contributed by atoms with Crippen molar-refractivity contribution in [2.24, 2.45) is 5.92 Å². The second kappa shape index (κ2) is 7.97. The van der Waals surface area contributed by atoms with Crippen molar-refractivity contribution in [1.29, 1.82) is 0 Å². The summed E-state index contributed by atoms with van der Waals surface area (Å²) < 4.78 is 23.0. The van der Waals surface area contributed by atoms with E-state index in [1.54, 1.807) is 65.8 Å². The van der Waals surface area contributed by atoms with Gasteiger partial charge in [-0.3, -0.25) is 4.79 Å². The molecule has 30 heavy (non-hydrogen) atoms. The summed E-state index contributed by atoms with van der Waals surface area (Å²) in [7, 11) is 0. The first-order valence-corrected chi connectivity index (χ1v) is 9.85. The summed E-state index contributed by atoms with van der Waals surface area (Å²) >= 11 is 0. The number of allylic oxidation sites excluding steroid dienone is 1. The summed E-state index contributed by atoms with van der Waals surface area (Å²) in [6.45, 7) is 10.2. The van der Waals surface area contributed by atoms with Crippen LogP contribution in [0.3, 0.4) is 0 Å². The Hall–Kier alpha value is -3.09. The summed E-state index contributed by atoms with van der Waals surface area (Å²) in [6.07, 6.45) is -0.0982. The lowest BCUT2D eigenvalue weighted by Gasteiger charge is -2.34. The summed E-state index contributed by atoms with van der Waals surface area (Å²) in [5.41, 5.74) is -0.482. The predicted molar refractivity (Wildman–Crippen MR) is 110 cm³/mol. The quantitative estimate of drug-likeness (QED) is 0.413. The van der Waals surface area contributed by atoms with Crippen LogP contribution in [0.15, 0.2) is 45.1 Å². The number of fused-ring (bicyclic) bond motifs is 3. The molecule has 0 bridgehead atoms. The zero-order chi connectivity index (χ0) is 22.2. The summed E-state index contributed by atoms with van der Waals surface area (Å²) in [6, 6.07) is 6.44. The fourth-order valence-corrected chi connectivity index (χ4v) is 3.24. The minimum atomic E-state index is -1.15. The zero-order valence-corrected chi connectivity index (χ0v) is 18.0. The standard InChI is InChI=1S/C23H26O7/c1-7-13(4)22(26)30-23(5,6)20-19(29-21(25)12(2)3)17-15(27-20)10-8-14-9-11-16(24)28-18(14)17/h7-12,19-20H,1-6H3/b13-7-. The lowest BCUT2D eigenvalue weighted by atomic mass is 9.93. The highest BCUT2D eigenvalue weighted by Gasteiger charge is 2.50. The third-order valence-corrected chi connectivity index (χ3v) is 5.11. The molecule has 1 aliphatic heterocycles. The molecule has 3 rings (SSSR count). The van der Waals surface area contributed by atoms with Gasteiger partial charge in [0.25, 0.3) is 0 Å². The lowest BCUT2D eigenvalue weighted by molar-refractivity contribution is -0.176. The Morgan fingerprint density at radius 3 is 2.47 bits per heavy atom. The van der Waals surface area contributed by atoms with Crippen molar-refractivity contribution >= 4 is 22.9 Å². The molecule has 0 fully saturated rings. The Balaban J connectivity index is 2.10. The maximum Gasteiger partial charge on any atom is 0.336 e. The number of rotatable bonds is 5. The van der Waals surface area contributed by atoms with Crippen LogP contribution in [0.5, 0.6) is 5.75 Å². The molecule has 1 aromatic heterocycles. The molecule has 7 nitrogen and oxygen atoms in total. The van der Waals surface area contributed by atoms with Gasteiger partial charge < -0.3 is 18.6 Å². The normalized spacial score (nSPS) is 18.8. The third-order valence-electron chi connectivity index (χ3n) is 5.11. The van der Waals surface area contributed by atoms with E-state index >= 15 is 0 Å². The summed E-state index contributed by atoms with van der Waals surface area (Å²) in [5, 5.41) is 0.669. The van der Waals surface area contributed by atoms with Crippen molar-refractivity contribution in [3.63, 3.8) is 0 Å². The van der Waals surface area contributed by atoms with Crippen molar-refractivity contribution < 1.29 is 28.2 Å². The fraction of sp³-hybridized carbons (Fsp3) is 0.435. The smallest absolute Gasteiger partial charge is 0.336 e. The van der Waals surface area contributed by atoms with E-state index in [2.05, 4.69) is 0 Å². The van der Waals surface area contributed by atoms with Gasteiger partial charge in [-0.1, -0.05) is 19.9 Å². The molecule has 2 atom stereocenters. The Bertz CT molecular complexity index is 1070. The number of hydrogen-bond donors (Lipinski definition) is 0. The van der Waals surface area contributed by atoms with Gasteiger partial charge in [-0.15, -0.1) is 0 Å². The Morgan fingerprint density at radius 2 is 1.83 bits per heavy atom. The van der Waals surface area contributed by atoms with E-state index in [1.807, 2.05) is 0 Å². The first-order valence-electron chi connectivity index (χ1n) is 9.85. The lowest BCUT2D eigenvalue weighted by Crippen LogP contribution is -2.47. The molecular weight excluding hydrogens is 388 g/mol. The van der Waals surface area contributed by atoms with Gasteiger partial charge in [0, 0.05) is 17.0 Å². The molecule has 0 radical (unpaired) electrons. The molecule has 1 aliphatic rings. The average molecular weight is 414 g/mol. The second-order valence-electron chi connectivity index (χ2n) is 8.17. The maximum atomic E-state index is 12.5. The van der Waals surface area contributed by atoms with Crippen LogP contribution in [0.1, 0.15) is 53.2 Å². The van der Waals surface area contributed by atoms with Crippen LogP contribution >= 0.6 is 0 Å². The highest BCUT2D eigenvalue weighted by atomic mass is 16.6. The SMILES string of the molecule is C/C=C(/C)C(=O)OC(C)(C)C1Oc2ccc3ccc(=O)oc3c2C1OC(=O)C(C)C. The van der Waals surface area contributed by atoms with Gasteiger partial charge in [-0.05, 0) is 45.9 Å². The highest BCUT2D eigenvalue weighted by Crippen LogP contribution is 2.47. The molecule has 0 saturated carbocycles. The van der Waals surface area contributed by atoms with Gasteiger partial charge >= 0.3 is 17.6 Å². The van der Waals surface area contributed by atoms with Gasteiger partial charge in [0.15, 0.2) is 12.2 Å². The number of benzene rings is 1. The highest BCUT2D eigenvalue weighted by molar-refractivity contribution is 5.88. The molecule has 0 N–H and O–H groups in total. The number of ether oxygens (including phenoxy) is 3. The third kappa shape index (κ3) is 3.97. The Labute approximate surface area is 174 Å². The molecule has 7 heteroatoms. The van der Waals surface area contributed by atoms with Crippen molar-refractivity contribution in [2.45, 2.75) is 59.4 Å². The molecule has 2 aromatic rings. The van der Waals surface area contributed by atoms with E-state index in [4.69, 9.17) is 18.6 Å². The largest absolute Gasteiger partial charge is 0.481 e. The topological polar surface area (TPSA) is 92.0 Å². The molecule has 2 heterocycles. The van der Waals surface area contributed by atoms with Crippen LogP contribution in [0.4, 0.5) is 0 Å². The summed E-state index contributed by atoms with van der Waals surface area (Å²) in [4.78, 5) is 36.7. The summed E-state index contributed by atoms with van der Waals surface area (Å²) in [5.74, 6) is -0.904. The van der Waals surface area contributed by atoms with Crippen LogP contribution in [0.2, 0.25) is 0 Å². The van der Waals surface area contributed by atoms with Crippen LogP contribution < -0.4 is 10.4 Å². The molecule has 2 unspecified atom stereocenters. The number of hydrogen-bond acceptors (Lipinski definition) is 7. The first kappa shape index (κ1) is 21.6. The van der Waals surface area contributed by atoms with E-state index in [9.17, 15) is 14.4 Å².